The number of hydrogen-bond donors (Lipinski definition) is 0. The third-order valence-corrected chi connectivity index (χ3v) is 10.0. The summed E-state index contributed by atoms with van der Waals surface area (Å²) in [5, 5.41) is 18.9. The normalized spacial score (nSPS) is 11.6. The molecule has 0 saturated heterocycles. The second-order valence-electron chi connectivity index (χ2n) is 16.5. The van der Waals surface area contributed by atoms with Gasteiger partial charge in [0.2, 0.25) is 0 Å². The van der Waals surface area contributed by atoms with Crippen LogP contribution in [0.1, 0.15) is 144 Å². The molecule has 1 atom stereocenters. The molecule has 58 heavy (non-hydrogen) atoms. The first-order valence-corrected chi connectivity index (χ1v) is 20.6. The van der Waals surface area contributed by atoms with Crippen molar-refractivity contribution in [3.63, 3.8) is 0 Å². The van der Waals surface area contributed by atoms with Gasteiger partial charge in [0, 0.05) is 24.0 Å². The number of nitrogens with zero attached hydrogens (tertiary/aromatic N) is 7. The summed E-state index contributed by atoms with van der Waals surface area (Å²) in [6.45, 7) is 23.0. The molecule has 0 bridgehead atoms. The Morgan fingerprint density at radius 1 is 0.517 bits per heavy atom. The zero-order valence-corrected chi connectivity index (χ0v) is 42.3. The average Bonchev–Trinajstić information content (AvgIpc) is 3.71. The van der Waals surface area contributed by atoms with E-state index in [0.717, 1.165) is 28.4 Å². The van der Waals surface area contributed by atoms with Crippen molar-refractivity contribution in [2.24, 2.45) is 7.05 Å². The van der Waals surface area contributed by atoms with Crippen LogP contribution in [0.5, 0.6) is 0 Å². The van der Waals surface area contributed by atoms with Crippen LogP contribution in [0.15, 0.2) is 85.1 Å². The molecule has 4 aromatic carbocycles. The van der Waals surface area contributed by atoms with Gasteiger partial charge in [0.15, 0.2) is 5.82 Å². The van der Waals surface area contributed by atoms with E-state index in [0.29, 0.717) is 29.6 Å². The van der Waals surface area contributed by atoms with E-state index < -0.39 is 0 Å². The number of aryl methyl sites for hydroxylation is 1. The van der Waals surface area contributed by atoms with Gasteiger partial charge in [-0.25, -0.2) is 4.98 Å². The summed E-state index contributed by atoms with van der Waals surface area (Å²) in [4.78, 5) is 5.57. The van der Waals surface area contributed by atoms with Gasteiger partial charge in [-0.3, -0.25) is 4.57 Å². The van der Waals surface area contributed by atoms with Crippen LogP contribution in [0.4, 0.5) is 5.69 Å². The summed E-state index contributed by atoms with van der Waals surface area (Å²) in [7, 11) is 12.6. The molecule has 0 saturated carbocycles. The Labute approximate surface area is 371 Å². The molecule has 2 heterocycles. The fourth-order valence-corrected chi connectivity index (χ4v) is 7.36. The van der Waals surface area contributed by atoms with Gasteiger partial charge in [-0.15, -0.1) is 5.69 Å². The van der Waals surface area contributed by atoms with Gasteiger partial charge < -0.3 is 25.8 Å². The molecule has 0 aliphatic carbocycles. The van der Waals surface area contributed by atoms with E-state index in [1.165, 1.54) is 44.2 Å². The Balaban J connectivity index is 0.00000106. The summed E-state index contributed by atoms with van der Waals surface area (Å²) in [5.41, 5.74) is 11.5. The van der Waals surface area contributed by atoms with Crippen LogP contribution in [0, 0.1) is 0 Å². The number of fused-ring (bicyclic) bond motifs is 3. The molecule has 0 spiro atoms. The topological polar surface area (TPSA) is 79.2 Å². The van der Waals surface area contributed by atoms with Crippen molar-refractivity contribution in [2.45, 2.75) is 105 Å². The third kappa shape index (κ3) is 11.8. The number of benzene rings is 4. The summed E-state index contributed by atoms with van der Waals surface area (Å²) in [6.07, 6.45) is 2.20. The van der Waals surface area contributed by atoms with Crippen molar-refractivity contribution in [1.29, 1.82) is 0 Å². The standard InChI is InChI=1S/C44H53N4.3C2H6N.Hf/c1-26(2)31-23-36(29(7)8)41(37(24-31)30(9)10)43(46-42-32(27(3)4)19-16-20-33(42)28(5)6)44-45-40(25-47(44)11)48-38-21-14-12-17-34(38)35-18-13-15-22-39(35)48;3*1-3-2;/h12-30,43H,1-11H3;3*1-2H3;/q4*-1;+4. The summed E-state index contributed by atoms with van der Waals surface area (Å²) in [6, 6.07) is 28.7. The molecule has 0 fully saturated rings. The molecule has 0 aliphatic rings. The molecule has 2 aromatic heterocycles. The Morgan fingerprint density at radius 2 is 0.914 bits per heavy atom. The Hall–Kier alpha value is -3.56. The molecule has 7 nitrogen and oxygen atoms in total. The molecule has 6 rings (SSSR count). The first-order chi connectivity index (χ1) is 27.1. The summed E-state index contributed by atoms with van der Waals surface area (Å²) in [5.74, 6) is 3.66. The largest absolute Gasteiger partial charge is 4.00 e. The van der Waals surface area contributed by atoms with Gasteiger partial charge in [-0.05, 0) is 70.0 Å². The molecule has 310 valence electrons. The maximum atomic E-state index is 5.89. The Bertz CT molecular complexity index is 2020. The van der Waals surface area contributed by atoms with E-state index in [-0.39, 0.29) is 31.9 Å². The van der Waals surface area contributed by atoms with Crippen molar-refractivity contribution >= 4 is 27.5 Å². The van der Waals surface area contributed by atoms with Crippen LogP contribution in [0.2, 0.25) is 0 Å². The zero-order chi connectivity index (χ0) is 42.6. The van der Waals surface area contributed by atoms with Crippen LogP contribution in [-0.4, -0.2) is 56.4 Å². The van der Waals surface area contributed by atoms with E-state index in [1.807, 2.05) is 0 Å². The molecule has 0 radical (unpaired) electrons. The smallest absolute Gasteiger partial charge is 0.671 e. The van der Waals surface area contributed by atoms with Crippen LogP contribution >= 0.6 is 0 Å². The first-order valence-electron chi connectivity index (χ1n) is 20.6. The molecule has 8 heteroatoms. The molecule has 0 amide bonds. The summed E-state index contributed by atoms with van der Waals surface area (Å²) >= 11 is 0. The second-order valence-corrected chi connectivity index (χ2v) is 16.5. The number of aromatic nitrogens is 3. The minimum absolute atomic E-state index is 0. The number of imidazole rings is 1. The monoisotopic (exact) mass is 950 g/mol. The van der Waals surface area contributed by atoms with Crippen molar-refractivity contribution in [3.05, 3.63) is 146 Å². The number of hydrogen-bond acceptors (Lipinski definition) is 1. The van der Waals surface area contributed by atoms with Gasteiger partial charge in [0.1, 0.15) is 5.82 Å². The van der Waals surface area contributed by atoms with Gasteiger partial charge in [0.25, 0.3) is 0 Å². The SMILES string of the molecule is CC(C)c1cc(C(C)C)c(C([N-]c2c(C(C)C)cccc2C(C)C)c2nc(-n3c4ccccc4c4ccccc43)cn2C)c(C(C)C)c1.C[N-]C.C[N-]C.C[N-]C.[Hf+4]. The van der Waals surface area contributed by atoms with E-state index in [1.54, 1.807) is 42.3 Å². The Kier molecular flexibility index (Phi) is 20.8. The molecular formula is C50H71HfN7. The third-order valence-electron chi connectivity index (χ3n) is 10.0. The van der Waals surface area contributed by atoms with Crippen LogP contribution in [0.3, 0.4) is 0 Å². The first kappa shape index (κ1) is 50.6. The van der Waals surface area contributed by atoms with Crippen molar-refractivity contribution in [2.75, 3.05) is 42.3 Å². The predicted octanol–water partition coefficient (Wildman–Crippen LogP) is 14.8. The maximum Gasteiger partial charge on any atom is 4.00 e. The molecule has 1 unspecified atom stereocenters. The minimum Gasteiger partial charge on any atom is -0.671 e. The van der Waals surface area contributed by atoms with E-state index in [9.17, 15) is 0 Å². The van der Waals surface area contributed by atoms with Gasteiger partial charge in [-0.1, -0.05) is 147 Å². The molecule has 0 aliphatic heterocycles. The number of rotatable bonds is 10. The van der Waals surface area contributed by atoms with Gasteiger partial charge in [0.05, 0.1) is 11.0 Å². The van der Waals surface area contributed by atoms with Crippen LogP contribution in [0.25, 0.3) is 48.9 Å². The van der Waals surface area contributed by atoms with Crippen molar-refractivity contribution < 1.29 is 25.8 Å². The molecular weight excluding hydrogens is 877 g/mol. The summed E-state index contributed by atoms with van der Waals surface area (Å²) < 4.78 is 4.55. The Morgan fingerprint density at radius 3 is 1.29 bits per heavy atom. The van der Waals surface area contributed by atoms with E-state index in [4.69, 9.17) is 10.3 Å². The van der Waals surface area contributed by atoms with Gasteiger partial charge >= 0.3 is 25.8 Å². The fraction of sp³-hybridized carbons (Fsp3) is 0.460. The fourth-order valence-electron chi connectivity index (χ4n) is 7.36. The average molecular weight is 949 g/mol. The van der Waals surface area contributed by atoms with E-state index >= 15 is 0 Å². The van der Waals surface area contributed by atoms with E-state index in [2.05, 4.69) is 186 Å². The van der Waals surface area contributed by atoms with Crippen LogP contribution in [-0.2, 0) is 32.9 Å². The zero-order valence-electron chi connectivity index (χ0n) is 38.7. The van der Waals surface area contributed by atoms with Gasteiger partial charge in [-0.2, -0.15) is 42.3 Å². The van der Waals surface area contributed by atoms with Crippen molar-refractivity contribution in [3.8, 4) is 5.82 Å². The maximum absolute atomic E-state index is 5.89. The van der Waals surface area contributed by atoms with Crippen LogP contribution < -0.4 is 0 Å². The molecule has 6 aromatic rings. The minimum atomic E-state index is -0.287. The number of para-hydroxylation sites is 3. The van der Waals surface area contributed by atoms with Crippen molar-refractivity contribution in [1.82, 2.24) is 14.1 Å². The molecule has 0 N–H and O–H groups in total. The second kappa shape index (κ2) is 23.9. The quantitative estimate of drug-likeness (QED) is 0.126. The predicted molar refractivity (Wildman–Crippen MR) is 251 cm³/mol.